The normalized spacial score (nSPS) is 10.3. The molecule has 0 unspecified atom stereocenters. The van der Waals surface area contributed by atoms with Crippen LogP contribution in [-0.2, 0) is 0 Å². The number of hydrogen-bond donors (Lipinski definition) is 1. The quantitative estimate of drug-likeness (QED) is 0.698. The van der Waals surface area contributed by atoms with Crippen molar-refractivity contribution < 1.29 is 9.90 Å². The van der Waals surface area contributed by atoms with Gasteiger partial charge in [-0.3, -0.25) is 0 Å². The summed E-state index contributed by atoms with van der Waals surface area (Å²) in [5.74, 6) is -0.913. The fraction of sp³-hybridized carbons (Fsp3) is 0. The molecule has 0 atom stereocenters. The smallest absolute Gasteiger partial charge is 0.336 e. The third kappa shape index (κ3) is 3.49. The fourth-order valence-corrected chi connectivity index (χ4v) is 3.03. The second kappa shape index (κ2) is 6.08. The van der Waals surface area contributed by atoms with Crippen LogP contribution in [0.3, 0.4) is 0 Å². The van der Waals surface area contributed by atoms with Gasteiger partial charge in [0.05, 0.1) is 5.56 Å². The molecule has 0 heterocycles. The standard InChI is InChI=1S/C13H8BrIO2S/c14-8-1-6-12(11(7-8)13(16)17)18-10-4-2-9(15)3-5-10/h1-7H,(H,16,17). The summed E-state index contributed by atoms with van der Waals surface area (Å²) in [6.07, 6.45) is 0. The van der Waals surface area contributed by atoms with Crippen LogP contribution >= 0.6 is 50.3 Å². The molecule has 0 aliphatic rings. The average molecular weight is 435 g/mol. The first-order valence-electron chi connectivity index (χ1n) is 5.02. The first kappa shape index (κ1) is 13.9. The highest BCUT2D eigenvalue weighted by molar-refractivity contribution is 14.1. The minimum absolute atomic E-state index is 0.313. The summed E-state index contributed by atoms with van der Waals surface area (Å²) in [6.45, 7) is 0. The molecular weight excluding hydrogens is 427 g/mol. The zero-order valence-corrected chi connectivity index (χ0v) is 13.6. The fourth-order valence-electron chi connectivity index (χ4n) is 1.39. The van der Waals surface area contributed by atoms with Gasteiger partial charge in [-0.2, -0.15) is 0 Å². The first-order chi connectivity index (χ1) is 8.56. The van der Waals surface area contributed by atoms with E-state index in [1.165, 1.54) is 11.8 Å². The number of halogens is 2. The van der Waals surface area contributed by atoms with Crippen molar-refractivity contribution in [1.82, 2.24) is 0 Å². The Morgan fingerprint density at radius 1 is 1.17 bits per heavy atom. The SMILES string of the molecule is O=C(O)c1cc(Br)ccc1Sc1ccc(I)cc1. The van der Waals surface area contributed by atoms with Crippen LogP contribution in [0.2, 0.25) is 0 Å². The summed E-state index contributed by atoms with van der Waals surface area (Å²) in [5, 5.41) is 9.18. The van der Waals surface area contributed by atoms with Crippen molar-refractivity contribution in [2.75, 3.05) is 0 Å². The second-order valence-electron chi connectivity index (χ2n) is 3.50. The second-order valence-corrected chi connectivity index (χ2v) is 6.78. The number of carboxylic acids is 1. The number of carbonyl (C=O) groups is 1. The van der Waals surface area contributed by atoms with Crippen molar-refractivity contribution >= 4 is 56.3 Å². The van der Waals surface area contributed by atoms with Crippen molar-refractivity contribution in [3.8, 4) is 0 Å². The number of rotatable bonds is 3. The van der Waals surface area contributed by atoms with Gasteiger partial charge in [-0.15, -0.1) is 0 Å². The summed E-state index contributed by atoms with van der Waals surface area (Å²) in [4.78, 5) is 13.0. The zero-order chi connectivity index (χ0) is 13.1. The van der Waals surface area contributed by atoms with E-state index in [0.29, 0.717) is 5.56 Å². The molecule has 18 heavy (non-hydrogen) atoms. The molecule has 0 aliphatic carbocycles. The van der Waals surface area contributed by atoms with Gasteiger partial charge in [-0.05, 0) is 65.1 Å². The van der Waals surface area contributed by atoms with Crippen molar-refractivity contribution in [3.63, 3.8) is 0 Å². The average Bonchev–Trinajstić information content (AvgIpc) is 2.34. The van der Waals surface area contributed by atoms with Crippen LogP contribution in [0, 0.1) is 3.57 Å². The molecule has 0 aromatic heterocycles. The molecule has 0 saturated carbocycles. The largest absolute Gasteiger partial charge is 0.478 e. The number of hydrogen-bond acceptors (Lipinski definition) is 2. The Morgan fingerprint density at radius 2 is 1.83 bits per heavy atom. The van der Waals surface area contributed by atoms with Crippen molar-refractivity contribution in [2.24, 2.45) is 0 Å². The summed E-state index contributed by atoms with van der Waals surface area (Å²) in [6, 6.07) is 13.3. The lowest BCUT2D eigenvalue weighted by atomic mass is 10.2. The summed E-state index contributed by atoms with van der Waals surface area (Å²) < 4.78 is 1.93. The maximum atomic E-state index is 11.2. The first-order valence-corrected chi connectivity index (χ1v) is 7.71. The summed E-state index contributed by atoms with van der Waals surface area (Å²) in [5.41, 5.74) is 0.313. The van der Waals surface area contributed by atoms with Gasteiger partial charge in [0.2, 0.25) is 0 Å². The highest BCUT2D eigenvalue weighted by Gasteiger charge is 2.11. The molecule has 0 bridgehead atoms. The van der Waals surface area contributed by atoms with E-state index in [1.807, 2.05) is 36.4 Å². The van der Waals surface area contributed by atoms with Crippen LogP contribution in [-0.4, -0.2) is 11.1 Å². The molecule has 0 fully saturated rings. The van der Waals surface area contributed by atoms with Crippen LogP contribution in [0.15, 0.2) is 56.7 Å². The van der Waals surface area contributed by atoms with Crippen LogP contribution in [0.4, 0.5) is 0 Å². The highest BCUT2D eigenvalue weighted by atomic mass is 127. The third-order valence-electron chi connectivity index (χ3n) is 2.21. The van der Waals surface area contributed by atoms with E-state index in [2.05, 4.69) is 38.5 Å². The van der Waals surface area contributed by atoms with Gasteiger partial charge in [0.1, 0.15) is 0 Å². The minimum atomic E-state index is -0.913. The van der Waals surface area contributed by atoms with Gasteiger partial charge in [0.25, 0.3) is 0 Å². The predicted octanol–water partition coefficient (Wildman–Crippen LogP) is 4.90. The molecule has 0 spiro atoms. The lowest BCUT2D eigenvalue weighted by Gasteiger charge is -2.06. The van der Waals surface area contributed by atoms with Crippen LogP contribution in [0.5, 0.6) is 0 Å². The van der Waals surface area contributed by atoms with Gasteiger partial charge < -0.3 is 5.11 Å². The molecule has 0 radical (unpaired) electrons. The summed E-state index contributed by atoms with van der Waals surface area (Å²) >= 11 is 6.98. The Balaban J connectivity index is 2.34. The Morgan fingerprint density at radius 3 is 2.44 bits per heavy atom. The van der Waals surface area contributed by atoms with Gasteiger partial charge in [-0.1, -0.05) is 27.7 Å². The van der Waals surface area contributed by atoms with E-state index in [9.17, 15) is 9.90 Å². The molecule has 1 N–H and O–H groups in total. The Hall–Kier alpha value is -0.530. The van der Waals surface area contributed by atoms with Crippen LogP contribution in [0.1, 0.15) is 10.4 Å². The van der Waals surface area contributed by atoms with Crippen molar-refractivity contribution in [3.05, 3.63) is 56.1 Å². The molecule has 2 rings (SSSR count). The molecule has 0 saturated heterocycles. The Labute approximate surface area is 131 Å². The minimum Gasteiger partial charge on any atom is -0.478 e. The van der Waals surface area contributed by atoms with Gasteiger partial charge in [0.15, 0.2) is 0 Å². The molecule has 2 nitrogen and oxygen atoms in total. The monoisotopic (exact) mass is 434 g/mol. The molecule has 0 aliphatic heterocycles. The van der Waals surface area contributed by atoms with Gasteiger partial charge >= 0.3 is 5.97 Å². The van der Waals surface area contributed by atoms with Crippen molar-refractivity contribution in [2.45, 2.75) is 9.79 Å². The van der Waals surface area contributed by atoms with E-state index >= 15 is 0 Å². The van der Waals surface area contributed by atoms with Crippen LogP contribution < -0.4 is 0 Å². The van der Waals surface area contributed by atoms with Crippen molar-refractivity contribution in [1.29, 1.82) is 0 Å². The molecule has 92 valence electrons. The van der Waals surface area contributed by atoms with E-state index in [0.717, 1.165) is 17.8 Å². The lowest BCUT2D eigenvalue weighted by molar-refractivity contribution is 0.0693. The topological polar surface area (TPSA) is 37.3 Å². The zero-order valence-electron chi connectivity index (χ0n) is 9.06. The Kier molecular flexibility index (Phi) is 4.69. The maximum Gasteiger partial charge on any atom is 0.336 e. The van der Waals surface area contributed by atoms with Gasteiger partial charge in [0, 0.05) is 17.8 Å². The van der Waals surface area contributed by atoms with E-state index in [1.54, 1.807) is 6.07 Å². The third-order valence-corrected chi connectivity index (χ3v) is 4.51. The number of aromatic carboxylic acids is 1. The molecule has 2 aromatic rings. The maximum absolute atomic E-state index is 11.2. The Bertz CT molecular complexity index is 584. The lowest BCUT2D eigenvalue weighted by Crippen LogP contribution is -1.98. The van der Waals surface area contributed by atoms with Gasteiger partial charge in [-0.25, -0.2) is 4.79 Å². The molecule has 2 aromatic carbocycles. The predicted molar refractivity (Wildman–Crippen MR) is 84.4 cm³/mol. The van der Waals surface area contributed by atoms with Crippen LogP contribution in [0.25, 0.3) is 0 Å². The van der Waals surface area contributed by atoms with E-state index in [-0.39, 0.29) is 0 Å². The number of benzene rings is 2. The number of carboxylic acid groups (broad SMARTS) is 1. The highest BCUT2D eigenvalue weighted by Crippen LogP contribution is 2.32. The molecule has 0 amide bonds. The summed E-state index contributed by atoms with van der Waals surface area (Å²) in [7, 11) is 0. The van der Waals surface area contributed by atoms with E-state index in [4.69, 9.17) is 0 Å². The molecular formula is C13H8BrIO2S. The van der Waals surface area contributed by atoms with E-state index < -0.39 is 5.97 Å². The molecule has 5 heteroatoms.